The third-order valence-electron chi connectivity index (χ3n) is 2.05. The highest BCUT2D eigenvalue weighted by molar-refractivity contribution is 8.19. The first-order valence-electron chi connectivity index (χ1n) is 4.78. The lowest BCUT2D eigenvalue weighted by Gasteiger charge is -2.12. The molecule has 1 heterocycles. The van der Waals surface area contributed by atoms with E-state index in [1.165, 1.54) is 18.4 Å². The van der Waals surface area contributed by atoms with Gasteiger partial charge in [-0.3, -0.25) is 4.79 Å². The number of ether oxygens (including phenoxy) is 1. The third-order valence-corrected chi connectivity index (χ3v) is 5.12. The van der Waals surface area contributed by atoms with E-state index in [1.54, 1.807) is 0 Å². The summed E-state index contributed by atoms with van der Waals surface area (Å²) in [5.41, 5.74) is 1.13. The standard InChI is InChI=1S/C11H12O2S2/c1-8(12)13-10-5-3-2-4-9(10)11-14-6-7-15-11/h2-5,11H,6-7H2,1H3. The minimum Gasteiger partial charge on any atom is -0.426 e. The smallest absolute Gasteiger partial charge is 0.308 e. The van der Waals surface area contributed by atoms with Gasteiger partial charge in [-0.25, -0.2) is 0 Å². The van der Waals surface area contributed by atoms with Gasteiger partial charge in [-0.2, -0.15) is 0 Å². The molecule has 1 saturated heterocycles. The molecule has 0 atom stereocenters. The van der Waals surface area contributed by atoms with Crippen LogP contribution in [0, 0.1) is 0 Å². The van der Waals surface area contributed by atoms with Crippen LogP contribution in [0.2, 0.25) is 0 Å². The normalized spacial score (nSPS) is 16.6. The van der Waals surface area contributed by atoms with E-state index in [0.29, 0.717) is 10.3 Å². The molecule has 0 saturated carbocycles. The Balaban J connectivity index is 2.24. The highest BCUT2D eigenvalue weighted by Crippen LogP contribution is 2.48. The molecule has 0 aliphatic carbocycles. The number of para-hydroxylation sites is 1. The maximum absolute atomic E-state index is 10.9. The Morgan fingerprint density at radius 1 is 1.33 bits per heavy atom. The SMILES string of the molecule is CC(=O)Oc1ccccc1C1SCCS1. The van der Waals surface area contributed by atoms with Crippen molar-refractivity contribution in [3.05, 3.63) is 29.8 Å². The monoisotopic (exact) mass is 240 g/mol. The Morgan fingerprint density at radius 2 is 2.00 bits per heavy atom. The van der Waals surface area contributed by atoms with Crippen molar-refractivity contribution in [2.45, 2.75) is 11.5 Å². The lowest BCUT2D eigenvalue weighted by Crippen LogP contribution is -2.04. The minimum atomic E-state index is -0.254. The second-order valence-electron chi connectivity index (χ2n) is 3.20. The fourth-order valence-corrected chi connectivity index (χ4v) is 4.37. The summed E-state index contributed by atoms with van der Waals surface area (Å²) < 4.78 is 5.61. The summed E-state index contributed by atoms with van der Waals surface area (Å²) in [7, 11) is 0. The summed E-state index contributed by atoms with van der Waals surface area (Å²) in [6, 6.07) is 7.78. The van der Waals surface area contributed by atoms with Gasteiger partial charge in [-0.1, -0.05) is 18.2 Å². The van der Waals surface area contributed by atoms with Crippen molar-refractivity contribution in [1.29, 1.82) is 0 Å². The van der Waals surface area contributed by atoms with E-state index < -0.39 is 0 Å². The molecule has 1 fully saturated rings. The molecular formula is C11H12O2S2. The number of hydrogen-bond donors (Lipinski definition) is 0. The summed E-state index contributed by atoms with van der Waals surface area (Å²) in [5, 5.41) is 0. The molecule has 0 spiro atoms. The minimum absolute atomic E-state index is 0.254. The van der Waals surface area contributed by atoms with Crippen LogP contribution in [-0.4, -0.2) is 17.5 Å². The predicted molar refractivity (Wildman–Crippen MR) is 65.4 cm³/mol. The molecule has 80 valence electrons. The molecule has 0 unspecified atom stereocenters. The Kier molecular flexibility index (Phi) is 3.59. The number of benzene rings is 1. The molecule has 0 radical (unpaired) electrons. The molecule has 0 aromatic heterocycles. The zero-order chi connectivity index (χ0) is 10.7. The number of rotatable bonds is 2. The van der Waals surface area contributed by atoms with Crippen LogP contribution in [0.15, 0.2) is 24.3 Å². The topological polar surface area (TPSA) is 26.3 Å². The third kappa shape index (κ3) is 2.69. The molecular weight excluding hydrogens is 228 g/mol. The van der Waals surface area contributed by atoms with Crippen molar-refractivity contribution in [3.63, 3.8) is 0 Å². The van der Waals surface area contributed by atoms with Crippen LogP contribution >= 0.6 is 23.5 Å². The maximum Gasteiger partial charge on any atom is 0.308 e. The molecule has 1 aliphatic heterocycles. The van der Waals surface area contributed by atoms with Gasteiger partial charge < -0.3 is 4.74 Å². The summed E-state index contributed by atoms with van der Waals surface area (Å²) in [5.74, 6) is 2.79. The van der Waals surface area contributed by atoms with Gasteiger partial charge in [0.1, 0.15) is 5.75 Å². The number of carbonyl (C=O) groups excluding carboxylic acids is 1. The molecule has 1 aliphatic rings. The fraction of sp³-hybridized carbons (Fsp3) is 0.364. The van der Waals surface area contributed by atoms with E-state index in [2.05, 4.69) is 0 Å². The van der Waals surface area contributed by atoms with Gasteiger partial charge in [0.25, 0.3) is 0 Å². The second-order valence-corrected chi connectivity index (χ2v) is 5.93. The predicted octanol–water partition coefficient (Wildman–Crippen LogP) is 3.09. The van der Waals surface area contributed by atoms with Gasteiger partial charge in [0.2, 0.25) is 0 Å². The summed E-state index contributed by atoms with van der Waals surface area (Å²) in [4.78, 5) is 10.9. The Labute approximate surface area is 97.8 Å². The molecule has 1 aromatic rings. The molecule has 0 bridgehead atoms. The molecule has 2 nitrogen and oxygen atoms in total. The van der Waals surface area contributed by atoms with Crippen LogP contribution < -0.4 is 4.74 Å². The molecule has 2 rings (SSSR count). The fourth-order valence-electron chi connectivity index (χ4n) is 1.46. The average Bonchev–Trinajstić information content (AvgIpc) is 2.70. The lowest BCUT2D eigenvalue weighted by molar-refractivity contribution is -0.131. The summed E-state index contributed by atoms with van der Waals surface area (Å²) in [6.07, 6.45) is 0. The van der Waals surface area contributed by atoms with E-state index in [-0.39, 0.29) is 5.97 Å². The first-order chi connectivity index (χ1) is 7.27. The lowest BCUT2D eigenvalue weighted by atomic mass is 10.2. The highest BCUT2D eigenvalue weighted by Gasteiger charge is 2.21. The van der Waals surface area contributed by atoms with Gasteiger partial charge >= 0.3 is 5.97 Å². The van der Waals surface area contributed by atoms with Gasteiger partial charge in [0.15, 0.2) is 0 Å². The summed E-state index contributed by atoms with van der Waals surface area (Å²) >= 11 is 3.82. The molecule has 0 N–H and O–H groups in total. The quantitative estimate of drug-likeness (QED) is 0.586. The number of carbonyl (C=O) groups is 1. The van der Waals surface area contributed by atoms with Crippen LogP contribution in [0.1, 0.15) is 17.1 Å². The van der Waals surface area contributed by atoms with Crippen molar-refractivity contribution < 1.29 is 9.53 Å². The molecule has 1 aromatic carbocycles. The van der Waals surface area contributed by atoms with Crippen LogP contribution in [0.5, 0.6) is 5.75 Å². The Morgan fingerprint density at radius 3 is 2.67 bits per heavy atom. The maximum atomic E-state index is 10.9. The number of thioether (sulfide) groups is 2. The first kappa shape index (κ1) is 10.9. The van der Waals surface area contributed by atoms with Gasteiger partial charge in [-0.15, -0.1) is 23.5 Å². The highest BCUT2D eigenvalue weighted by atomic mass is 32.2. The molecule has 0 amide bonds. The van der Waals surface area contributed by atoms with Crippen LogP contribution in [0.3, 0.4) is 0 Å². The summed E-state index contributed by atoms with van der Waals surface area (Å²) in [6.45, 7) is 1.44. The van der Waals surface area contributed by atoms with E-state index in [1.807, 2.05) is 47.8 Å². The van der Waals surface area contributed by atoms with E-state index in [0.717, 1.165) is 5.56 Å². The first-order valence-corrected chi connectivity index (χ1v) is 6.87. The van der Waals surface area contributed by atoms with Gasteiger partial charge in [0, 0.05) is 24.0 Å². The van der Waals surface area contributed by atoms with E-state index >= 15 is 0 Å². The van der Waals surface area contributed by atoms with Crippen LogP contribution in [-0.2, 0) is 4.79 Å². The van der Waals surface area contributed by atoms with E-state index in [9.17, 15) is 4.79 Å². The van der Waals surface area contributed by atoms with Crippen molar-refractivity contribution in [1.82, 2.24) is 0 Å². The molecule has 4 heteroatoms. The largest absolute Gasteiger partial charge is 0.426 e. The molecule has 15 heavy (non-hydrogen) atoms. The van der Waals surface area contributed by atoms with Crippen molar-refractivity contribution in [2.24, 2.45) is 0 Å². The van der Waals surface area contributed by atoms with Crippen molar-refractivity contribution in [2.75, 3.05) is 11.5 Å². The second kappa shape index (κ2) is 4.94. The van der Waals surface area contributed by atoms with Crippen molar-refractivity contribution in [3.8, 4) is 5.75 Å². The van der Waals surface area contributed by atoms with Crippen LogP contribution in [0.25, 0.3) is 0 Å². The van der Waals surface area contributed by atoms with Crippen LogP contribution in [0.4, 0.5) is 0 Å². The number of hydrogen-bond acceptors (Lipinski definition) is 4. The van der Waals surface area contributed by atoms with E-state index in [4.69, 9.17) is 4.74 Å². The van der Waals surface area contributed by atoms with Crippen molar-refractivity contribution >= 4 is 29.5 Å². The van der Waals surface area contributed by atoms with Gasteiger partial charge in [-0.05, 0) is 6.07 Å². The Hall–Kier alpha value is -0.610. The van der Waals surface area contributed by atoms with Gasteiger partial charge in [0.05, 0.1) is 4.58 Å². The average molecular weight is 240 g/mol. The zero-order valence-corrected chi connectivity index (χ0v) is 10.1. The number of esters is 1. The zero-order valence-electron chi connectivity index (χ0n) is 8.43. The Bertz CT molecular complexity index is 359.